The first-order chi connectivity index (χ1) is 12.6. The third kappa shape index (κ3) is 4.31. The number of hydrogen-bond donors (Lipinski definition) is 4. The molecule has 0 unspecified atom stereocenters. The molecule has 2 rings (SSSR count). The molecule has 0 heterocycles. The molecule has 0 saturated heterocycles. The normalized spacial score (nSPS) is 11.9. The van der Waals surface area contributed by atoms with Gasteiger partial charge in [-0.3, -0.25) is 0 Å². The molecule has 0 atom stereocenters. The van der Waals surface area contributed by atoms with Crippen LogP contribution in [-0.2, 0) is 16.4 Å². The average molecular weight is 409 g/mol. The number of anilines is 1. The zero-order valence-electron chi connectivity index (χ0n) is 14.5. The summed E-state index contributed by atoms with van der Waals surface area (Å²) in [5, 5.41) is 37.5. The van der Waals surface area contributed by atoms with Gasteiger partial charge in [-0.25, -0.2) is 18.5 Å². The summed E-state index contributed by atoms with van der Waals surface area (Å²) in [6.07, 6.45) is 0.652. The fraction of sp³-hybridized carbons (Fsp3) is 0.176. The van der Waals surface area contributed by atoms with Gasteiger partial charge in [0.1, 0.15) is 16.8 Å². The van der Waals surface area contributed by atoms with Crippen LogP contribution in [-0.4, -0.2) is 24.5 Å². The Labute approximate surface area is 161 Å². The number of nitrogens with one attached hydrogen (secondary N) is 1. The maximum absolute atomic E-state index is 11.6. The first-order valence-electron chi connectivity index (χ1n) is 7.71. The highest BCUT2D eigenvalue weighted by Gasteiger charge is 2.25. The smallest absolute Gasteiger partial charge is 0.243 e. The van der Waals surface area contributed by atoms with Crippen molar-refractivity contribution in [1.82, 2.24) is 0 Å². The number of nitrogens with two attached hydrogens (primary N) is 1. The molecule has 10 heteroatoms. The fourth-order valence-corrected chi connectivity index (χ4v) is 3.59. The molecule has 2 aromatic carbocycles. The highest BCUT2D eigenvalue weighted by molar-refractivity contribution is 7.89. The van der Waals surface area contributed by atoms with Crippen molar-refractivity contribution in [2.75, 3.05) is 5.32 Å². The van der Waals surface area contributed by atoms with Gasteiger partial charge in [-0.2, -0.15) is 5.26 Å². The molecule has 0 radical (unpaired) electrons. The van der Waals surface area contributed by atoms with Crippen molar-refractivity contribution in [3.05, 3.63) is 40.4 Å². The zero-order valence-corrected chi connectivity index (χ0v) is 16.1. The van der Waals surface area contributed by atoms with Crippen LogP contribution in [0.2, 0.25) is 5.02 Å². The standard InChI is InChI=1S/C17H17ClN4O4S/c1-3-11-12(18)5-4-6-13(11)21-9(2)22-14-7-10(8-19)17(27(20,25)26)16(24)15(14)23/h4-7,23-24H,3H2,1-2H3,(H,21,22)(H2,20,25,26). The van der Waals surface area contributed by atoms with Gasteiger partial charge in [-0.15, -0.1) is 0 Å². The Balaban J connectivity index is 2.51. The molecule has 0 aromatic heterocycles. The van der Waals surface area contributed by atoms with Crippen molar-refractivity contribution < 1.29 is 18.6 Å². The summed E-state index contributed by atoms with van der Waals surface area (Å²) in [4.78, 5) is 3.54. The largest absolute Gasteiger partial charge is 0.503 e. The average Bonchev–Trinajstić information content (AvgIpc) is 2.57. The van der Waals surface area contributed by atoms with E-state index in [1.807, 2.05) is 6.92 Å². The van der Waals surface area contributed by atoms with Crippen LogP contribution in [0.5, 0.6) is 11.5 Å². The van der Waals surface area contributed by atoms with Gasteiger partial charge in [0.15, 0.2) is 11.5 Å². The number of phenols is 2. The molecule has 0 saturated carbocycles. The summed E-state index contributed by atoms with van der Waals surface area (Å²) < 4.78 is 23.1. The van der Waals surface area contributed by atoms with Crippen LogP contribution in [0.4, 0.5) is 11.4 Å². The number of benzene rings is 2. The molecule has 2 aromatic rings. The lowest BCUT2D eigenvalue weighted by molar-refractivity contribution is 0.394. The highest BCUT2D eigenvalue weighted by Crippen LogP contribution is 2.40. The van der Waals surface area contributed by atoms with Crippen LogP contribution in [0.1, 0.15) is 25.0 Å². The Morgan fingerprint density at radius 3 is 2.59 bits per heavy atom. The number of aliphatic imine (C=N–C) groups is 1. The van der Waals surface area contributed by atoms with Gasteiger partial charge in [0.05, 0.1) is 16.9 Å². The van der Waals surface area contributed by atoms with Crippen molar-refractivity contribution in [1.29, 1.82) is 5.26 Å². The second-order valence-electron chi connectivity index (χ2n) is 5.57. The van der Waals surface area contributed by atoms with Crippen molar-refractivity contribution in [2.24, 2.45) is 10.1 Å². The minimum Gasteiger partial charge on any atom is -0.503 e. The van der Waals surface area contributed by atoms with Crippen molar-refractivity contribution in [2.45, 2.75) is 25.2 Å². The topological polar surface area (TPSA) is 149 Å². The molecule has 0 aliphatic rings. The lowest BCUT2D eigenvalue weighted by Gasteiger charge is -2.13. The zero-order chi connectivity index (χ0) is 20.4. The Kier molecular flexibility index (Phi) is 5.95. The van der Waals surface area contributed by atoms with Gasteiger partial charge in [-0.05, 0) is 37.1 Å². The van der Waals surface area contributed by atoms with Crippen molar-refractivity contribution >= 4 is 38.8 Å². The highest BCUT2D eigenvalue weighted by atomic mass is 35.5. The van der Waals surface area contributed by atoms with Gasteiger partial charge in [0.2, 0.25) is 10.0 Å². The third-order valence-corrected chi connectivity index (χ3v) is 5.02. The van der Waals surface area contributed by atoms with E-state index in [1.54, 1.807) is 31.2 Å². The summed E-state index contributed by atoms with van der Waals surface area (Å²) in [7, 11) is -4.41. The van der Waals surface area contributed by atoms with Crippen LogP contribution >= 0.6 is 11.6 Å². The predicted octanol–water partition coefficient (Wildman–Crippen LogP) is 2.99. The summed E-state index contributed by atoms with van der Waals surface area (Å²) >= 11 is 6.15. The van der Waals surface area contributed by atoms with Gasteiger partial charge >= 0.3 is 0 Å². The molecule has 0 aliphatic heterocycles. The minimum absolute atomic E-state index is 0.0993. The van der Waals surface area contributed by atoms with Gasteiger partial charge in [0.25, 0.3) is 0 Å². The lowest BCUT2D eigenvalue weighted by atomic mass is 10.1. The number of amidine groups is 1. The summed E-state index contributed by atoms with van der Waals surface area (Å²) in [6.45, 7) is 3.52. The number of nitriles is 1. The second-order valence-corrected chi connectivity index (χ2v) is 7.47. The number of hydrogen-bond acceptors (Lipinski definition) is 6. The minimum atomic E-state index is -4.41. The summed E-state index contributed by atoms with van der Waals surface area (Å²) in [5.74, 6) is -1.47. The van der Waals surface area contributed by atoms with Crippen LogP contribution in [0.25, 0.3) is 0 Å². The van der Waals surface area contributed by atoms with E-state index >= 15 is 0 Å². The maximum Gasteiger partial charge on any atom is 0.243 e. The van der Waals surface area contributed by atoms with E-state index < -0.39 is 32.0 Å². The summed E-state index contributed by atoms with van der Waals surface area (Å²) in [5.41, 5.74) is 0.924. The molecule has 8 nitrogen and oxygen atoms in total. The molecular formula is C17H17ClN4O4S. The van der Waals surface area contributed by atoms with E-state index in [1.165, 1.54) is 0 Å². The second kappa shape index (κ2) is 7.84. The Morgan fingerprint density at radius 2 is 2.04 bits per heavy atom. The van der Waals surface area contributed by atoms with Crippen LogP contribution in [0.15, 0.2) is 34.2 Å². The van der Waals surface area contributed by atoms with E-state index in [0.717, 1.165) is 11.6 Å². The van der Waals surface area contributed by atoms with Crippen LogP contribution in [0, 0.1) is 11.3 Å². The maximum atomic E-state index is 11.6. The Hall–Kier alpha value is -2.80. The molecular weight excluding hydrogens is 392 g/mol. The molecule has 27 heavy (non-hydrogen) atoms. The molecule has 0 amide bonds. The number of primary sulfonamides is 1. The van der Waals surface area contributed by atoms with E-state index in [2.05, 4.69) is 10.3 Å². The van der Waals surface area contributed by atoms with E-state index in [4.69, 9.17) is 22.0 Å². The molecule has 0 fully saturated rings. The summed E-state index contributed by atoms with van der Waals surface area (Å²) in [6, 6.07) is 7.94. The number of sulfonamides is 1. The fourth-order valence-electron chi connectivity index (χ4n) is 2.51. The molecule has 0 aliphatic carbocycles. The van der Waals surface area contributed by atoms with Gasteiger partial charge in [0, 0.05) is 5.02 Å². The van der Waals surface area contributed by atoms with E-state index in [9.17, 15) is 18.6 Å². The number of phenolic OH excluding ortho intramolecular Hbond substituents is 2. The number of halogens is 1. The third-order valence-electron chi connectivity index (χ3n) is 3.68. The van der Waals surface area contributed by atoms with Gasteiger partial charge < -0.3 is 15.5 Å². The number of rotatable bonds is 4. The monoisotopic (exact) mass is 408 g/mol. The predicted molar refractivity (Wildman–Crippen MR) is 103 cm³/mol. The first kappa shape index (κ1) is 20.5. The van der Waals surface area contributed by atoms with Crippen LogP contribution in [0.3, 0.4) is 0 Å². The SMILES string of the molecule is CCc1c(Cl)cccc1N=C(C)Nc1cc(C#N)c(S(N)(=O)=O)c(O)c1O. The first-order valence-corrected chi connectivity index (χ1v) is 9.64. The van der Waals surface area contributed by atoms with Crippen molar-refractivity contribution in [3.8, 4) is 17.6 Å². The van der Waals surface area contributed by atoms with Gasteiger partial charge in [-0.1, -0.05) is 24.6 Å². The molecule has 0 spiro atoms. The quantitative estimate of drug-likeness (QED) is 0.347. The molecule has 0 bridgehead atoms. The Bertz CT molecular complexity index is 1080. The molecule has 142 valence electrons. The Morgan fingerprint density at radius 1 is 1.37 bits per heavy atom. The van der Waals surface area contributed by atoms with E-state index in [0.29, 0.717) is 23.0 Å². The number of nitrogens with zero attached hydrogens (tertiary/aromatic N) is 2. The van der Waals surface area contributed by atoms with Crippen molar-refractivity contribution in [3.63, 3.8) is 0 Å². The number of aromatic hydroxyl groups is 2. The van der Waals surface area contributed by atoms with E-state index in [-0.39, 0.29) is 5.69 Å². The molecule has 5 N–H and O–H groups in total. The lowest BCUT2D eigenvalue weighted by Crippen LogP contribution is -2.15. The van der Waals surface area contributed by atoms with Crippen LogP contribution < -0.4 is 10.5 Å².